The van der Waals surface area contributed by atoms with E-state index in [0.29, 0.717) is 5.69 Å². The highest BCUT2D eigenvalue weighted by Gasteiger charge is 2.15. The third kappa shape index (κ3) is 2.87. The quantitative estimate of drug-likeness (QED) is 0.481. The van der Waals surface area contributed by atoms with E-state index < -0.39 is 10.9 Å². The number of hydrogen-bond donors (Lipinski definition) is 0. The molecule has 2 rings (SSSR count). The van der Waals surface area contributed by atoms with E-state index in [1.54, 1.807) is 6.92 Å². The number of nitro benzene ring substituents is 1. The predicted molar refractivity (Wildman–Crippen MR) is 70.9 cm³/mol. The number of carbonyl (C=O) groups is 1. The molecule has 0 bridgehead atoms. The third-order valence-corrected chi connectivity index (χ3v) is 2.65. The Morgan fingerprint density at radius 3 is 2.95 bits per heavy atom. The summed E-state index contributed by atoms with van der Waals surface area (Å²) in [5, 5.41) is 23.7. The fraction of sp³-hybridized carbons (Fsp3) is 0.154. The molecule has 0 aliphatic heterocycles. The number of esters is 1. The summed E-state index contributed by atoms with van der Waals surface area (Å²) in [5.74, 6) is -0.524. The summed E-state index contributed by atoms with van der Waals surface area (Å²) in [6.07, 6.45) is 2.71. The maximum atomic E-state index is 11.6. The molecule has 0 saturated heterocycles. The van der Waals surface area contributed by atoms with E-state index in [2.05, 4.69) is 5.10 Å². The number of nitro groups is 1. The number of carbonyl (C=O) groups excluding carboxylic acids is 1. The number of non-ortho nitro benzene ring substituents is 1. The predicted octanol–water partition coefficient (Wildman–Crippen LogP) is 1.83. The lowest BCUT2D eigenvalue weighted by Gasteiger charge is -2.03. The highest BCUT2D eigenvalue weighted by Crippen LogP contribution is 2.20. The van der Waals surface area contributed by atoms with Gasteiger partial charge in [0.2, 0.25) is 0 Å². The SMILES string of the molecule is CCOC(=O)c1cnn(-c2ccc([N+](=O)[O-])cc2C#N)c1. The van der Waals surface area contributed by atoms with Crippen molar-refractivity contribution in [2.75, 3.05) is 6.61 Å². The molecule has 2 aromatic rings. The van der Waals surface area contributed by atoms with Crippen molar-refractivity contribution in [3.63, 3.8) is 0 Å². The van der Waals surface area contributed by atoms with Crippen molar-refractivity contribution in [1.82, 2.24) is 9.78 Å². The van der Waals surface area contributed by atoms with Crippen LogP contribution in [0.15, 0.2) is 30.6 Å². The van der Waals surface area contributed by atoms with Crippen LogP contribution in [0.2, 0.25) is 0 Å². The first-order valence-corrected chi connectivity index (χ1v) is 5.97. The number of nitrogens with zero attached hydrogens (tertiary/aromatic N) is 4. The van der Waals surface area contributed by atoms with Gasteiger partial charge in [0.05, 0.1) is 34.5 Å². The van der Waals surface area contributed by atoms with Gasteiger partial charge in [0.1, 0.15) is 6.07 Å². The Balaban J connectivity index is 2.41. The van der Waals surface area contributed by atoms with Gasteiger partial charge in [0.15, 0.2) is 0 Å². The van der Waals surface area contributed by atoms with Crippen LogP contribution in [0.25, 0.3) is 5.69 Å². The topological polar surface area (TPSA) is 111 Å². The van der Waals surface area contributed by atoms with E-state index in [1.807, 2.05) is 6.07 Å². The Bertz CT molecular complexity index is 745. The highest BCUT2D eigenvalue weighted by atomic mass is 16.6. The van der Waals surface area contributed by atoms with Crippen molar-refractivity contribution >= 4 is 11.7 Å². The van der Waals surface area contributed by atoms with E-state index >= 15 is 0 Å². The van der Waals surface area contributed by atoms with E-state index in [4.69, 9.17) is 10.00 Å². The monoisotopic (exact) mass is 286 g/mol. The van der Waals surface area contributed by atoms with Crippen LogP contribution in [0.1, 0.15) is 22.8 Å². The summed E-state index contributed by atoms with van der Waals surface area (Å²) < 4.78 is 6.14. The van der Waals surface area contributed by atoms with Gasteiger partial charge in [-0.25, -0.2) is 9.48 Å². The van der Waals surface area contributed by atoms with Crippen LogP contribution in [0.5, 0.6) is 0 Å². The number of aromatic nitrogens is 2. The summed E-state index contributed by atoms with van der Waals surface area (Å²) in [4.78, 5) is 21.7. The first-order valence-electron chi connectivity index (χ1n) is 5.97. The van der Waals surface area contributed by atoms with Crippen LogP contribution >= 0.6 is 0 Å². The van der Waals surface area contributed by atoms with Crippen LogP contribution in [-0.4, -0.2) is 27.3 Å². The standard InChI is InChI=1S/C13H10N4O4/c1-2-21-13(18)10-7-15-16(8-10)12-4-3-11(17(19)20)5-9(12)6-14/h3-5,7-8H,2H2,1H3. The zero-order valence-electron chi connectivity index (χ0n) is 11.0. The maximum Gasteiger partial charge on any atom is 0.341 e. The zero-order valence-corrected chi connectivity index (χ0v) is 11.0. The molecular weight excluding hydrogens is 276 g/mol. The number of ether oxygens (including phenoxy) is 1. The van der Waals surface area contributed by atoms with Gasteiger partial charge in [-0.05, 0) is 13.0 Å². The van der Waals surface area contributed by atoms with Crippen molar-refractivity contribution in [2.24, 2.45) is 0 Å². The Kier molecular flexibility index (Phi) is 3.95. The molecule has 0 N–H and O–H groups in total. The minimum Gasteiger partial charge on any atom is -0.462 e. The molecule has 21 heavy (non-hydrogen) atoms. The van der Waals surface area contributed by atoms with Gasteiger partial charge in [0.25, 0.3) is 5.69 Å². The molecule has 0 saturated carbocycles. The van der Waals surface area contributed by atoms with Gasteiger partial charge in [-0.15, -0.1) is 0 Å². The molecule has 0 atom stereocenters. The molecule has 0 radical (unpaired) electrons. The van der Waals surface area contributed by atoms with Crippen molar-refractivity contribution in [2.45, 2.75) is 6.92 Å². The summed E-state index contributed by atoms with van der Waals surface area (Å²) in [6.45, 7) is 1.93. The highest BCUT2D eigenvalue weighted by molar-refractivity contribution is 5.88. The smallest absolute Gasteiger partial charge is 0.341 e. The second kappa shape index (κ2) is 5.83. The Morgan fingerprint density at radius 1 is 1.57 bits per heavy atom. The van der Waals surface area contributed by atoms with E-state index in [-0.39, 0.29) is 23.4 Å². The summed E-state index contributed by atoms with van der Waals surface area (Å²) in [6, 6.07) is 5.69. The van der Waals surface area contributed by atoms with E-state index in [9.17, 15) is 14.9 Å². The minimum atomic E-state index is -0.586. The van der Waals surface area contributed by atoms with Gasteiger partial charge >= 0.3 is 5.97 Å². The molecule has 0 unspecified atom stereocenters. The van der Waals surface area contributed by atoms with Crippen LogP contribution in [0, 0.1) is 21.4 Å². The lowest BCUT2D eigenvalue weighted by molar-refractivity contribution is -0.384. The number of hydrogen-bond acceptors (Lipinski definition) is 6. The Hall–Kier alpha value is -3.21. The lowest BCUT2D eigenvalue weighted by Crippen LogP contribution is -2.03. The average Bonchev–Trinajstić information content (AvgIpc) is 2.96. The van der Waals surface area contributed by atoms with Gasteiger partial charge in [-0.3, -0.25) is 10.1 Å². The minimum absolute atomic E-state index is 0.0858. The molecule has 8 nitrogen and oxygen atoms in total. The second-order valence-corrected chi connectivity index (χ2v) is 3.96. The summed E-state index contributed by atoms with van der Waals surface area (Å²) in [5.41, 5.74) is 0.480. The first kappa shape index (κ1) is 14.2. The van der Waals surface area contributed by atoms with Gasteiger partial charge < -0.3 is 4.74 Å². The second-order valence-electron chi connectivity index (χ2n) is 3.96. The molecule has 1 aromatic heterocycles. The van der Waals surface area contributed by atoms with Crippen LogP contribution in [0.3, 0.4) is 0 Å². The van der Waals surface area contributed by atoms with E-state index in [0.717, 1.165) is 6.07 Å². The van der Waals surface area contributed by atoms with E-state index in [1.165, 1.54) is 29.2 Å². The maximum absolute atomic E-state index is 11.6. The summed E-state index contributed by atoms with van der Waals surface area (Å²) >= 11 is 0. The number of rotatable bonds is 4. The third-order valence-electron chi connectivity index (χ3n) is 2.65. The fourth-order valence-electron chi connectivity index (χ4n) is 1.70. The molecule has 0 spiro atoms. The Morgan fingerprint density at radius 2 is 2.33 bits per heavy atom. The summed E-state index contributed by atoms with van der Waals surface area (Å²) in [7, 11) is 0. The normalized spacial score (nSPS) is 9.90. The lowest BCUT2D eigenvalue weighted by atomic mass is 10.1. The molecule has 0 amide bonds. The zero-order chi connectivity index (χ0) is 15.4. The van der Waals surface area contributed by atoms with Crippen LogP contribution in [-0.2, 0) is 4.74 Å². The first-order chi connectivity index (χ1) is 10.1. The molecule has 106 valence electrons. The van der Waals surface area contributed by atoms with Crippen molar-refractivity contribution in [3.8, 4) is 11.8 Å². The number of benzene rings is 1. The van der Waals surface area contributed by atoms with Gasteiger partial charge in [0, 0.05) is 18.3 Å². The molecule has 8 heteroatoms. The van der Waals surface area contributed by atoms with Gasteiger partial charge in [-0.1, -0.05) is 0 Å². The fourth-order valence-corrected chi connectivity index (χ4v) is 1.70. The van der Waals surface area contributed by atoms with Crippen LogP contribution < -0.4 is 0 Å². The van der Waals surface area contributed by atoms with Crippen molar-refractivity contribution in [3.05, 3.63) is 51.8 Å². The van der Waals surface area contributed by atoms with Gasteiger partial charge in [-0.2, -0.15) is 10.4 Å². The molecule has 0 aliphatic rings. The average molecular weight is 286 g/mol. The number of nitriles is 1. The largest absolute Gasteiger partial charge is 0.462 e. The molecule has 0 fully saturated rings. The van der Waals surface area contributed by atoms with Crippen molar-refractivity contribution < 1.29 is 14.5 Å². The van der Waals surface area contributed by atoms with Crippen molar-refractivity contribution in [1.29, 1.82) is 5.26 Å². The molecular formula is C13H10N4O4. The molecule has 1 aromatic carbocycles. The molecule has 1 heterocycles. The molecule has 0 aliphatic carbocycles. The van der Waals surface area contributed by atoms with Crippen LogP contribution in [0.4, 0.5) is 5.69 Å². The Labute approximate surface area is 119 Å².